The first-order valence-electron chi connectivity index (χ1n) is 7.27. The molecule has 2 heterocycles. The van der Waals surface area contributed by atoms with Crippen molar-refractivity contribution in [2.45, 2.75) is 13.2 Å². The van der Waals surface area contributed by atoms with Crippen molar-refractivity contribution in [1.82, 2.24) is 14.3 Å². The number of nitrogens with zero attached hydrogens (tertiary/aromatic N) is 3. The molecule has 1 atom stereocenters. The lowest BCUT2D eigenvalue weighted by Crippen LogP contribution is -3.06. The summed E-state index contributed by atoms with van der Waals surface area (Å²) < 4.78 is 4.55. The second kappa shape index (κ2) is 6.97. The monoisotopic (exact) mass is 365 g/mol. The summed E-state index contributed by atoms with van der Waals surface area (Å²) in [6, 6.07) is 9.82. The first-order chi connectivity index (χ1) is 11.0. The third kappa shape index (κ3) is 3.72. The Bertz CT molecular complexity index is 834. The first kappa shape index (κ1) is 16.4. The van der Waals surface area contributed by atoms with Gasteiger partial charge in [0.25, 0.3) is 0 Å². The second-order valence-electron chi connectivity index (χ2n) is 5.60. The van der Waals surface area contributed by atoms with Gasteiger partial charge in [0.15, 0.2) is 12.5 Å². The molecule has 0 fully saturated rings. The highest BCUT2D eigenvalue weighted by atomic mass is 35.5. The van der Waals surface area contributed by atoms with E-state index in [4.69, 9.17) is 28.9 Å². The minimum atomic E-state index is 0.717. The normalized spacial score (nSPS) is 12.5. The van der Waals surface area contributed by atoms with E-state index in [1.807, 2.05) is 40.6 Å². The largest absolute Gasteiger partial charge is 0.315 e. The minimum Gasteiger partial charge on any atom is -0.315 e. The average Bonchev–Trinajstić information content (AvgIpc) is 3.12. The fourth-order valence-corrected chi connectivity index (χ4v) is 3.48. The number of benzene rings is 1. The molecular formula is C16H18ClN4S2+. The van der Waals surface area contributed by atoms with Gasteiger partial charge in [0.1, 0.15) is 6.54 Å². The topological polar surface area (TPSA) is 27.2 Å². The summed E-state index contributed by atoms with van der Waals surface area (Å²) in [6.45, 7) is 1.69. The van der Waals surface area contributed by atoms with Gasteiger partial charge in [-0.1, -0.05) is 11.6 Å². The van der Waals surface area contributed by atoms with Crippen LogP contribution in [0.1, 0.15) is 5.56 Å². The summed E-state index contributed by atoms with van der Waals surface area (Å²) >= 11 is 13.2. The van der Waals surface area contributed by atoms with Crippen LogP contribution in [0.15, 0.2) is 41.1 Å². The molecular weight excluding hydrogens is 348 g/mol. The highest BCUT2D eigenvalue weighted by molar-refractivity contribution is 7.71. The van der Waals surface area contributed by atoms with Gasteiger partial charge in [-0.05, 0) is 53.3 Å². The molecule has 1 N–H and O–H groups in total. The molecule has 120 valence electrons. The van der Waals surface area contributed by atoms with Crippen LogP contribution in [0.5, 0.6) is 0 Å². The summed E-state index contributed by atoms with van der Waals surface area (Å²) in [5.74, 6) is 0.856. The lowest BCUT2D eigenvalue weighted by Gasteiger charge is -2.12. The number of hydrogen-bond acceptors (Lipinski definition) is 3. The van der Waals surface area contributed by atoms with Gasteiger partial charge < -0.3 is 9.47 Å². The Morgan fingerprint density at radius 3 is 2.65 bits per heavy atom. The molecule has 0 spiro atoms. The molecule has 3 rings (SSSR count). The number of aromatic nitrogens is 3. The molecule has 0 amide bonds. The molecule has 1 unspecified atom stereocenters. The Morgan fingerprint density at radius 2 is 2.00 bits per heavy atom. The first-order valence-corrected chi connectivity index (χ1v) is 8.99. The van der Waals surface area contributed by atoms with Crippen molar-refractivity contribution in [3.63, 3.8) is 0 Å². The molecule has 0 saturated carbocycles. The lowest BCUT2D eigenvalue weighted by molar-refractivity contribution is -0.917. The molecule has 2 aromatic heterocycles. The number of halogens is 1. The molecule has 0 aliphatic rings. The Labute approximate surface area is 149 Å². The lowest BCUT2D eigenvalue weighted by atomic mass is 10.2. The summed E-state index contributed by atoms with van der Waals surface area (Å²) in [4.78, 5) is 1.33. The highest BCUT2D eigenvalue weighted by Crippen LogP contribution is 2.19. The zero-order valence-corrected chi connectivity index (χ0v) is 15.4. The van der Waals surface area contributed by atoms with E-state index in [2.05, 4.69) is 23.9 Å². The number of rotatable bonds is 5. The Balaban J connectivity index is 1.82. The third-order valence-electron chi connectivity index (χ3n) is 3.65. The van der Waals surface area contributed by atoms with Crippen LogP contribution in [0.4, 0.5) is 0 Å². The van der Waals surface area contributed by atoms with Crippen LogP contribution in [-0.2, 0) is 20.3 Å². The zero-order valence-electron chi connectivity index (χ0n) is 13.0. The predicted molar refractivity (Wildman–Crippen MR) is 97.4 cm³/mol. The smallest absolute Gasteiger partial charge is 0.202 e. The molecule has 1 aromatic carbocycles. The van der Waals surface area contributed by atoms with Gasteiger partial charge in [-0.25, -0.2) is 0 Å². The van der Waals surface area contributed by atoms with Crippen LogP contribution in [0.3, 0.4) is 0 Å². The van der Waals surface area contributed by atoms with Crippen LogP contribution >= 0.6 is 35.2 Å². The summed E-state index contributed by atoms with van der Waals surface area (Å²) in [5.41, 5.74) is 2.35. The maximum atomic E-state index is 5.96. The van der Waals surface area contributed by atoms with Gasteiger partial charge in [0.05, 0.1) is 7.05 Å². The molecule has 4 nitrogen and oxygen atoms in total. The van der Waals surface area contributed by atoms with Crippen LogP contribution < -0.4 is 4.90 Å². The quantitative estimate of drug-likeness (QED) is 0.704. The zero-order chi connectivity index (χ0) is 16.4. The van der Waals surface area contributed by atoms with Crippen LogP contribution in [0, 0.1) is 4.77 Å². The molecule has 0 aliphatic carbocycles. The summed E-state index contributed by atoms with van der Waals surface area (Å²) in [5, 5.41) is 9.70. The fraction of sp³-hybridized carbons (Fsp3) is 0.250. The van der Waals surface area contributed by atoms with E-state index in [0.717, 1.165) is 34.4 Å². The summed E-state index contributed by atoms with van der Waals surface area (Å²) in [7, 11) is 4.10. The second-order valence-corrected chi connectivity index (χ2v) is 7.18. The summed E-state index contributed by atoms with van der Waals surface area (Å²) in [6.07, 6.45) is 0. The molecule has 7 heteroatoms. The number of quaternary nitrogens is 1. The van der Waals surface area contributed by atoms with Gasteiger partial charge in [0, 0.05) is 23.2 Å². The van der Waals surface area contributed by atoms with Crippen molar-refractivity contribution in [3.8, 4) is 11.4 Å². The number of thiophene rings is 1. The molecule has 0 saturated heterocycles. The fourth-order valence-electron chi connectivity index (χ4n) is 2.49. The third-order valence-corrected chi connectivity index (χ3v) is 5.12. The molecule has 0 radical (unpaired) electrons. The molecule has 0 bridgehead atoms. The Kier molecular flexibility index (Phi) is 4.96. The number of nitrogens with one attached hydrogen (secondary N) is 1. The SMILES string of the molecule is Cn1c(-c2ccc(Cl)cc2)nn(C[NH+](C)Cc2ccsc2)c1=S. The maximum absolute atomic E-state index is 5.96. The van der Waals surface area contributed by atoms with E-state index in [-0.39, 0.29) is 0 Å². The molecule has 23 heavy (non-hydrogen) atoms. The van der Waals surface area contributed by atoms with Crippen molar-refractivity contribution in [2.24, 2.45) is 7.05 Å². The number of hydrogen-bond donors (Lipinski definition) is 1. The van der Waals surface area contributed by atoms with E-state index < -0.39 is 0 Å². The van der Waals surface area contributed by atoms with Crippen molar-refractivity contribution >= 4 is 35.2 Å². The minimum absolute atomic E-state index is 0.717. The van der Waals surface area contributed by atoms with Gasteiger partial charge in [0.2, 0.25) is 4.77 Å². The standard InChI is InChI=1S/C16H17ClN4S2/c1-19(9-12-7-8-23-10-12)11-21-16(22)20(2)15(18-21)13-3-5-14(17)6-4-13/h3-8,10H,9,11H2,1-2H3/p+1. The van der Waals surface area contributed by atoms with Gasteiger partial charge in [-0.15, -0.1) is 5.10 Å². The van der Waals surface area contributed by atoms with Crippen molar-refractivity contribution in [3.05, 3.63) is 56.4 Å². The van der Waals surface area contributed by atoms with Crippen LogP contribution in [0.25, 0.3) is 11.4 Å². The van der Waals surface area contributed by atoms with Gasteiger partial charge in [-0.3, -0.25) is 0 Å². The van der Waals surface area contributed by atoms with E-state index in [1.54, 1.807) is 11.3 Å². The maximum Gasteiger partial charge on any atom is 0.202 e. The average molecular weight is 366 g/mol. The van der Waals surface area contributed by atoms with Gasteiger partial charge in [-0.2, -0.15) is 16.0 Å². The van der Waals surface area contributed by atoms with Crippen molar-refractivity contribution in [1.29, 1.82) is 0 Å². The predicted octanol–water partition coefficient (Wildman–Crippen LogP) is 3.01. The van der Waals surface area contributed by atoms with Crippen molar-refractivity contribution in [2.75, 3.05) is 7.05 Å². The van der Waals surface area contributed by atoms with E-state index >= 15 is 0 Å². The Morgan fingerprint density at radius 1 is 1.26 bits per heavy atom. The highest BCUT2D eigenvalue weighted by Gasteiger charge is 2.13. The molecule has 3 aromatic rings. The van der Waals surface area contributed by atoms with Crippen molar-refractivity contribution < 1.29 is 4.90 Å². The van der Waals surface area contributed by atoms with Crippen LogP contribution in [-0.4, -0.2) is 21.4 Å². The van der Waals surface area contributed by atoms with Gasteiger partial charge >= 0.3 is 0 Å². The molecule has 0 aliphatic heterocycles. The van der Waals surface area contributed by atoms with E-state index in [9.17, 15) is 0 Å². The van der Waals surface area contributed by atoms with E-state index in [1.165, 1.54) is 10.5 Å². The Hall–Kier alpha value is -1.47. The van der Waals surface area contributed by atoms with Crippen LogP contribution in [0.2, 0.25) is 5.02 Å². The van der Waals surface area contributed by atoms with E-state index in [0.29, 0.717) is 0 Å².